The molecule has 2 aromatic rings. The number of hydrogen-bond acceptors (Lipinski definition) is 4. The molecule has 0 saturated carbocycles. The average molecular weight is 438 g/mol. The van der Waals surface area contributed by atoms with Gasteiger partial charge in [0.25, 0.3) is 0 Å². The highest BCUT2D eigenvalue weighted by molar-refractivity contribution is 5.80. The SMILES string of the molecule is CN=C(NCc1ccc(COC2CCOCC2)cc1)N1CCOC(c2ccccc2C)C1. The molecule has 2 saturated heterocycles. The summed E-state index contributed by atoms with van der Waals surface area (Å²) in [4.78, 5) is 6.81. The van der Waals surface area contributed by atoms with E-state index in [4.69, 9.17) is 14.2 Å². The molecule has 2 aliphatic heterocycles. The Balaban J connectivity index is 1.28. The van der Waals surface area contributed by atoms with Gasteiger partial charge in [-0.2, -0.15) is 0 Å². The van der Waals surface area contributed by atoms with Crippen molar-refractivity contribution in [1.29, 1.82) is 0 Å². The summed E-state index contributed by atoms with van der Waals surface area (Å²) in [5.74, 6) is 0.916. The van der Waals surface area contributed by atoms with Gasteiger partial charge >= 0.3 is 0 Å². The van der Waals surface area contributed by atoms with E-state index in [-0.39, 0.29) is 6.10 Å². The molecule has 1 atom stereocenters. The number of rotatable bonds is 6. The topological polar surface area (TPSA) is 55.3 Å². The second-order valence-corrected chi connectivity index (χ2v) is 8.50. The number of aliphatic imine (C=N–C) groups is 1. The Morgan fingerprint density at radius 3 is 2.56 bits per heavy atom. The van der Waals surface area contributed by atoms with Gasteiger partial charge in [-0.3, -0.25) is 4.99 Å². The number of hydrogen-bond donors (Lipinski definition) is 1. The van der Waals surface area contributed by atoms with Crippen molar-refractivity contribution in [2.24, 2.45) is 4.99 Å². The minimum Gasteiger partial charge on any atom is -0.381 e. The van der Waals surface area contributed by atoms with Gasteiger partial charge < -0.3 is 24.4 Å². The second-order valence-electron chi connectivity index (χ2n) is 8.50. The van der Waals surface area contributed by atoms with Crippen molar-refractivity contribution >= 4 is 5.96 Å². The third kappa shape index (κ3) is 6.09. The minimum atomic E-state index is 0.0681. The zero-order chi connectivity index (χ0) is 22.2. The molecule has 4 rings (SSSR count). The molecule has 0 aromatic heterocycles. The molecular weight excluding hydrogens is 402 g/mol. The Labute approximate surface area is 191 Å². The molecule has 1 unspecified atom stereocenters. The fraction of sp³-hybridized carbons (Fsp3) is 0.500. The summed E-state index contributed by atoms with van der Waals surface area (Å²) in [6, 6.07) is 17.1. The first-order chi connectivity index (χ1) is 15.7. The van der Waals surface area contributed by atoms with Crippen LogP contribution in [-0.4, -0.2) is 56.9 Å². The number of morpholine rings is 1. The largest absolute Gasteiger partial charge is 0.381 e. The van der Waals surface area contributed by atoms with E-state index in [0.717, 1.165) is 51.6 Å². The van der Waals surface area contributed by atoms with E-state index in [1.807, 2.05) is 7.05 Å². The first-order valence-electron chi connectivity index (χ1n) is 11.6. The highest BCUT2D eigenvalue weighted by Crippen LogP contribution is 2.25. The quantitative estimate of drug-likeness (QED) is 0.550. The maximum absolute atomic E-state index is 6.07. The summed E-state index contributed by atoms with van der Waals surface area (Å²) in [5, 5.41) is 3.52. The number of aryl methyl sites for hydroxylation is 1. The fourth-order valence-corrected chi connectivity index (χ4v) is 4.30. The molecule has 0 radical (unpaired) electrons. The number of guanidine groups is 1. The molecule has 0 spiro atoms. The molecule has 6 heteroatoms. The third-order valence-electron chi connectivity index (χ3n) is 6.24. The number of benzene rings is 2. The van der Waals surface area contributed by atoms with Gasteiger partial charge in [-0.15, -0.1) is 0 Å². The van der Waals surface area contributed by atoms with Crippen LogP contribution in [0, 0.1) is 6.92 Å². The first-order valence-corrected chi connectivity index (χ1v) is 11.6. The van der Waals surface area contributed by atoms with Crippen molar-refractivity contribution in [1.82, 2.24) is 10.2 Å². The van der Waals surface area contributed by atoms with Crippen LogP contribution in [0.25, 0.3) is 0 Å². The molecule has 6 nitrogen and oxygen atoms in total. The molecule has 0 amide bonds. The normalized spacial score (nSPS) is 20.4. The maximum Gasteiger partial charge on any atom is 0.194 e. The second kappa shape index (κ2) is 11.5. The van der Waals surface area contributed by atoms with Gasteiger partial charge in [0.05, 0.1) is 25.9 Å². The van der Waals surface area contributed by atoms with Gasteiger partial charge in [0.15, 0.2) is 5.96 Å². The molecule has 0 bridgehead atoms. The first kappa shape index (κ1) is 22.8. The van der Waals surface area contributed by atoms with E-state index >= 15 is 0 Å². The summed E-state index contributed by atoms with van der Waals surface area (Å²) < 4.78 is 17.5. The predicted octanol–water partition coefficient (Wildman–Crippen LogP) is 3.84. The highest BCUT2D eigenvalue weighted by atomic mass is 16.5. The van der Waals surface area contributed by atoms with Gasteiger partial charge in [0, 0.05) is 33.4 Å². The monoisotopic (exact) mass is 437 g/mol. The van der Waals surface area contributed by atoms with Crippen LogP contribution in [0.1, 0.15) is 41.2 Å². The Kier molecular flexibility index (Phi) is 8.15. The van der Waals surface area contributed by atoms with Crippen LogP contribution >= 0.6 is 0 Å². The van der Waals surface area contributed by atoms with Crippen molar-refractivity contribution in [3.05, 3.63) is 70.8 Å². The molecule has 172 valence electrons. The fourth-order valence-electron chi connectivity index (χ4n) is 4.30. The van der Waals surface area contributed by atoms with Crippen LogP contribution in [0.2, 0.25) is 0 Å². The van der Waals surface area contributed by atoms with Crippen molar-refractivity contribution in [2.45, 2.75) is 45.1 Å². The maximum atomic E-state index is 6.07. The standard InChI is InChI=1S/C26H35N3O3/c1-20-5-3-4-6-24(20)25-18-29(13-16-31-25)26(27-2)28-17-21-7-9-22(10-8-21)19-32-23-11-14-30-15-12-23/h3-10,23,25H,11-19H2,1-2H3,(H,27,28). The van der Waals surface area contributed by atoms with Gasteiger partial charge in [-0.25, -0.2) is 0 Å². The van der Waals surface area contributed by atoms with Crippen LogP contribution in [0.4, 0.5) is 0 Å². The molecule has 2 aliphatic rings. The zero-order valence-electron chi connectivity index (χ0n) is 19.3. The summed E-state index contributed by atoms with van der Waals surface area (Å²) >= 11 is 0. The Morgan fingerprint density at radius 2 is 1.81 bits per heavy atom. The van der Waals surface area contributed by atoms with Crippen molar-refractivity contribution < 1.29 is 14.2 Å². The van der Waals surface area contributed by atoms with E-state index in [0.29, 0.717) is 19.3 Å². The van der Waals surface area contributed by atoms with Crippen molar-refractivity contribution in [3.63, 3.8) is 0 Å². The molecule has 32 heavy (non-hydrogen) atoms. The van der Waals surface area contributed by atoms with Crippen molar-refractivity contribution in [2.75, 3.05) is 40.0 Å². The Bertz CT molecular complexity index is 878. The summed E-state index contributed by atoms with van der Waals surface area (Å²) in [6.45, 7) is 7.49. The van der Waals surface area contributed by atoms with E-state index in [1.54, 1.807) is 0 Å². The lowest BCUT2D eigenvalue weighted by Gasteiger charge is -2.35. The minimum absolute atomic E-state index is 0.0681. The summed E-state index contributed by atoms with van der Waals surface area (Å²) in [6.07, 6.45) is 2.38. The van der Waals surface area contributed by atoms with Crippen LogP contribution in [0.3, 0.4) is 0 Å². The van der Waals surface area contributed by atoms with Crippen LogP contribution < -0.4 is 5.32 Å². The van der Waals surface area contributed by atoms with E-state index < -0.39 is 0 Å². The van der Waals surface area contributed by atoms with Crippen LogP contribution in [-0.2, 0) is 27.4 Å². The lowest BCUT2D eigenvalue weighted by atomic mass is 10.0. The average Bonchev–Trinajstić information content (AvgIpc) is 2.85. The summed E-state index contributed by atoms with van der Waals surface area (Å²) in [7, 11) is 1.84. The summed E-state index contributed by atoms with van der Waals surface area (Å²) in [5.41, 5.74) is 4.96. The smallest absolute Gasteiger partial charge is 0.194 e. The molecule has 2 fully saturated rings. The van der Waals surface area contributed by atoms with E-state index in [9.17, 15) is 0 Å². The van der Waals surface area contributed by atoms with Crippen molar-refractivity contribution in [3.8, 4) is 0 Å². The predicted molar refractivity (Wildman–Crippen MR) is 127 cm³/mol. The van der Waals surface area contributed by atoms with Crippen LogP contribution in [0.5, 0.6) is 0 Å². The Hall–Kier alpha value is -2.41. The number of ether oxygens (including phenoxy) is 3. The third-order valence-corrected chi connectivity index (χ3v) is 6.24. The number of nitrogens with one attached hydrogen (secondary N) is 1. The Morgan fingerprint density at radius 1 is 1.06 bits per heavy atom. The number of nitrogens with zero attached hydrogens (tertiary/aromatic N) is 2. The van der Waals surface area contributed by atoms with Crippen LogP contribution in [0.15, 0.2) is 53.5 Å². The van der Waals surface area contributed by atoms with E-state index in [2.05, 4.69) is 70.7 Å². The van der Waals surface area contributed by atoms with Gasteiger partial charge in [0.2, 0.25) is 0 Å². The molecule has 0 aliphatic carbocycles. The van der Waals surface area contributed by atoms with Gasteiger partial charge in [-0.05, 0) is 42.0 Å². The molecule has 2 heterocycles. The van der Waals surface area contributed by atoms with E-state index in [1.165, 1.54) is 22.3 Å². The molecule has 2 aromatic carbocycles. The lowest BCUT2D eigenvalue weighted by Crippen LogP contribution is -2.48. The van der Waals surface area contributed by atoms with Gasteiger partial charge in [-0.1, -0.05) is 48.5 Å². The zero-order valence-corrected chi connectivity index (χ0v) is 19.3. The lowest BCUT2D eigenvalue weighted by molar-refractivity contribution is -0.0390. The highest BCUT2D eigenvalue weighted by Gasteiger charge is 2.25. The van der Waals surface area contributed by atoms with Gasteiger partial charge in [0.1, 0.15) is 6.10 Å². The molecular formula is C26H35N3O3. The molecule has 1 N–H and O–H groups in total.